The van der Waals surface area contributed by atoms with Crippen LogP contribution in [0, 0.1) is 17.1 Å². The van der Waals surface area contributed by atoms with E-state index in [0.29, 0.717) is 11.3 Å². The fourth-order valence-corrected chi connectivity index (χ4v) is 3.49. The number of halogens is 1. The molecule has 1 aromatic carbocycles. The summed E-state index contributed by atoms with van der Waals surface area (Å²) in [5, 5.41) is 8.95. The van der Waals surface area contributed by atoms with Crippen molar-refractivity contribution in [3.05, 3.63) is 35.1 Å². The Kier molecular flexibility index (Phi) is 4.66. The second-order valence-electron chi connectivity index (χ2n) is 5.13. The van der Waals surface area contributed by atoms with Crippen molar-refractivity contribution in [2.75, 3.05) is 6.54 Å². The normalized spacial score (nSPS) is 18.6. The van der Waals surface area contributed by atoms with Gasteiger partial charge in [-0.3, -0.25) is 4.79 Å². The van der Waals surface area contributed by atoms with Crippen LogP contribution in [0.1, 0.15) is 31.4 Å². The van der Waals surface area contributed by atoms with Gasteiger partial charge in [-0.15, -0.1) is 11.8 Å². The van der Waals surface area contributed by atoms with Gasteiger partial charge in [0.05, 0.1) is 16.9 Å². The van der Waals surface area contributed by atoms with E-state index < -0.39 is 5.82 Å². The minimum absolute atomic E-state index is 0.0472. The maximum atomic E-state index is 13.1. The Hall–Kier alpha value is -1.54. The van der Waals surface area contributed by atoms with Crippen LogP contribution in [0.5, 0.6) is 0 Å². The van der Waals surface area contributed by atoms with Crippen LogP contribution in [-0.2, 0) is 10.5 Å². The van der Waals surface area contributed by atoms with Crippen molar-refractivity contribution in [1.29, 1.82) is 5.26 Å². The Morgan fingerprint density at radius 2 is 2.30 bits per heavy atom. The number of carbonyl (C=O) groups is 1. The lowest BCUT2D eigenvalue weighted by Crippen LogP contribution is -2.34. The second-order valence-corrected chi connectivity index (χ2v) is 6.32. The quantitative estimate of drug-likeness (QED) is 0.857. The maximum Gasteiger partial charge on any atom is 0.235 e. The summed E-state index contributed by atoms with van der Waals surface area (Å²) in [7, 11) is 0. The van der Waals surface area contributed by atoms with Crippen molar-refractivity contribution in [2.45, 2.75) is 37.3 Å². The molecule has 20 heavy (non-hydrogen) atoms. The summed E-state index contributed by atoms with van der Waals surface area (Å²) in [6.07, 6.45) is 0.838. The van der Waals surface area contributed by atoms with Crippen molar-refractivity contribution in [2.24, 2.45) is 0 Å². The van der Waals surface area contributed by atoms with Gasteiger partial charge >= 0.3 is 0 Å². The Labute approximate surface area is 122 Å². The van der Waals surface area contributed by atoms with Crippen LogP contribution in [0.4, 0.5) is 4.39 Å². The number of thioether (sulfide) groups is 1. The van der Waals surface area contributed by atoms with E-state index in [9.17, 15) is 9.18 Å². The molecule has 3 nitrogen and oxygen atoms in total. The average Bonchev–Trinajstić information content (AvgIpc) is 2.78. The lowest BCUT2D eigenvalue weighted by Gasteiger charge is -2.20. The molecule has 1 fully saturated rings. The molecule has 1 aliphatic heterocycles. The van der Waals surface area contributed by atoms with Crippen molar-refractivity contribution < 1.29 is 9.18 Å². The molecule has 0 radical (unpaired) electrons. The van der Waals surface area contributed by atoms with Gasteiger partial charge in [0.2, 0.25) is 5.91 Å². The van der Waals surface area contributed by atoms with Crippen LogP contribution < -0.4 is 0 Å². The van der Waals surface area contributed by atoms with Crippen LogP contribution in [0.25, 0.3) is 0 Å². The van der Waals surface area contributed by atoms with Crippen LogP contribution in [0.15, 0.2) is 18.2 Å². The largest absolute Gasteiger partial charge is 0.339 e. The SMILES string of the molecule is CC(C)N1CCC(SCc2ccc(F)cc2C#N)C1=O. The lowest BCUT2D eigenvalue weighted by atomic mass is 10.1. The van der Waals surface area contributed by atoms with Gasteiger partial charge in [-0.2, -0.15) is 5.26 Å². The molecule has 106 valence electrons. The highest BCUT2D eigenvalue weighted by Crippen LogP contribution is 2.29. The fraction of sp³-hybridized carbons (Fsp3) is 0.467. The van der Waals surface area contributed by atoms with E-state index in [1.807, 2.05) is 24.8 Å². The van der Waals surface area contributed by atoms with Gasteiger partial charge in [0.1, 0.15) is 5.82 Å². The number of nitrogens with zero attached hydrogens (tertiary/aromatic N) is 2. The van der Waals surface area contributed by atoms with Gasteiger partial charge in [0.25, 0.3) is 0 Å². The van der Waals surface area contributed by atoms with Gasteiger partial charge in [0.15, 0.2) is 0 Å². The Bertz CT molecular complexity index is 553. The molecule has 1 atom stereocenters. The molecule has 1 saturated heterocycles. The van der Waals surface area contributed by atoms with Crippen molar-refractivity contribution in [3.8, 4) is 6.07 Å². The number of rotatable bonds is 4. The van der Waals surface area contributed by atoms with E-state index >= 15 is 0 Å². The molecule has 0 saturated carbocycles. The molecule has 1 aromatic rings. The van der Waals surface area contributed by atoms with Crippen molar-refractivity contribution >= 4 is 17.7 Å². The van der Waals surface area contributed by atoms with Gasteiger partial charge < -0.3 is 4.90 Å². The Morgan fingerprint density at radius 3 is 2.90 bits per heavy atom. The molecule has 0 spiro atoms. The summed E-state index contributed by atoms with van der Waals surface area (Å²) in [6.45, 7) is 4.82. The number of likely N-dealkylation sites (tertiary alicyclic amines) is 1. The topological polar surface area (TPSA) is 44.1 Å². The maximum absolute atomic E-state index is 13.1. The van der Waals surface area contributed by atoms with E-state index in [2.05, 4.69) is 0 Å². The highest BCUT2D eigenvalue weighted by atomic mass is 32.2. The first-order valence-corrected chi connectivity index (χ1v) is 7.68. The highest BCUT2D eigenvalue weighted by molar-refractivity contribution is 7.99. The Morgan fingerprint density at radius 1 is 1.55 bits per heavy atom. The first-order chi connectivity index (χ1) is 9.52. The van der Waals surface area contributed by atoms with Gasteiger partial charge in [0, 0.05) is 18.3 Å². The fourth-order valence-electron chi connectivity index (χ4n) is 2.31. The number of benzene rings is 1. The van der Waals surface area contributed by atoms with Crippen LogP contribution in [-0.4, -0.2) is 28.6 Å². The van der Waals surface area contributed by atoms with Crippen LogP contribution >= 0.6 is 11.8 Å². The zero-order valence-corrected chi connectivity index (χ0v) is 12.4. The molecular weight excluding hydrogens is 275 g/mol. The third kappa shape index (κ3) is 3.13. The summed E-state index contributed by atoms with van der Waals surface area (Å²) in [5.41, 5.74) is 1.14. The standard InChI is InChI=1S/C15H17FN2OS/c1-10(2)18-6-5-14(15(18)19)20-9-11-3-4-13(16)7-12(11)8-17/h3-4,7,10,14H,5-6,9H2,1-2H3. The summed E-state index contributed by atoms with van der Waals surface area (Å²) < 4.78 is 13.1. The molecule has 5 heteroatoms. The molecule has 2 rings (SSSR count). The van der Waals surface area contributed by atoms with E-state index in [1.165, 1.54) is 23.9 Å². The second kappa shape index (κ2) is 6.27. The van der Waals surface area contributed by atoms with Gasteiger partial charge in [-0.05, 0) is 38.0 Å². The lowest BCUT2D eigenvalue weighted by molar-refractivity contribution is -0.128. The van der Waals surface area contributed by atoms with E-state index in [-0.39, 0.29) is 17.2 Å². The zero-order chi connectivity index (χ0) is 14.7. The molecule has 1 unspecified atom stereocenters. The summed E-state index contributed by atoms with van der Waals surface area (Å²) >= 11 is 1.54. The Balaban J connectivity index is 2.00. The number of hydrogen-bond donors (Lipinski definition) is 0. The van der Waals surface area contributed by atoms with Gasteiger partial charge in [-0.1, -0.05) is 6.07 Å². The predicted octanol–water partition coefficient (Wildman–Crippen LogP) is 2.94. The molecule has 0 N–H and O–H groups in total. The molecule has 1 heterocycles. The van der Waals surface area contributed by atoms with Crippen molar-refractivity contribution in [1.82, 2.24) is 4.90 Å². The number of hydrogen-bond acceptors (Lipinski definition) is 3. The summed E-state index contributed by atoms with van der Waals surface area (Å²) in [5.74, 6) is 0.328. The third-order valence-electron chi connectivity index (χ3n) is 3.45. The van der Waals surface area contributed by atoms with E-state index in [4.69, 9.17) is 5.26 Å². The monoisotopic (exact) mass is 292 g/mol. The van der Waals surface area contributed by atoms with Gasteiger partial charge in [-0.25, -0.2) is 4.39 Å². The minimum atomic E-state index is -0.404. The smallest absolute Gasteiger partial charge is 0.235 e. The van der Waals surface area contributed by atoms with Crippen molar-refractivity contribution in [3.63, 3.8) is 0 Å². The summed E-state index contributed by atoms with van der Waals surface area (Å²) in [6, 6.07) is 6.45. The van der Waals surface area contributed by atoms with Crippen LogP contribution in [0.3, 0.4) is 0 Å². The summed E-state index contributed by atoms with van der Waals surface area (Å²) in [4.78, 5) is 14.0. The molecular formula is C15H17FN2OS. The van der Waals surface area contributed by atoms with Crippen LogP contribution in [0.2, 0.25) is 0 Å². The average molecular weight is 292 g/mol. The zero-order valence-electron chi connectivity index (χ0n) is 11.6. The molecule has 1 amide bonds. The molecule has 0 bridgehead atoms. The number of nitriles is 1. The molecule has 0 aliphatic carbocycles. The molecule has 1 aliphatic rings. The number of carbonyl (C=O) groups excluding carboxylic acids is 1. The van der Waals surface area contributed by atoms with E-state index in [1.54, 1.807) is 6.07 Å². The minimum Gasteiger partial charge on any atom is -0.339 e. The highest BCUT2D eigenvalue weighted by Gasteiger charge is 2.33. The first kappa shape index (κ1) is 14.9. The third-order valence-corrected chi connectivity index (χ3v) is 4.76. The number of amides is 1. The van der Waals surface area contributed by atoms with E-state index in [0.717, 1.165) is 18.5 Å². The predicted molar refractivity (Wildman–Crippen MR) is 77.7 cm³/mol. The molecule has 0 aromatic heterocycles. The first-order valence-electron chi connectivity index (χ1n) is 6.63.